The minimum atomic E-state index is -2.80. The first-order valence-corrected chi connectivity index (χ1v) is 11.5. The third kappa shape index (κ3) is 6.09. The Bertz CT molecular complexity index is 1180. The van der Waals surface area contributed by atoms with Gasteiger partial charge in [-0.2, -0.15) is 5.10 Å². The van der Waals surface area contributed by atoms with Crippen LogP contribution in [0.3, 0.4) is 0 Å². The number of rotatable bonds is 6. The predicted molar refractivity (Wildman–Crippen MR) is 117 cm³/mol. The molecule has 0 radical (unpaired) electrons. The van der Waals surface area contributed by atoms with Gasteiger partial charge in [0.15, 0.2) is 0 Å². The molecule has 1 saturated heterocycles. The Hall–Kier alpha value is -2.89. The summed E-state index contributed by atoms with van der Waals surface area (Å²) in [5, 5.41) is 24.5. The molecule has 1 amide bonds. The van der Waals surface area contributed by atoms with Gasteiger partial charge in [0, 0.05) is 36.5 Å². The highest BCUT2D eigenvalue weighted by atomic mass is 32.2. The lowest BCUT2D eigenvalue weighted by atomic mass is 9.88. The molecule has 2 heterocycles. The number of aromatic nitrogens is 2. The fraction of sp³-hybridized carbons (Fsp3) is 0.455. The van der Waals surface area contributed by atoms with E-state index in [0.717, 1.165) is 16.5 Å². The zero-order valence-electron chi connectivity index (χ0n) is 17.6. The lowest BCUT2D eigenvalue weighted by Gasteiger charge is -2.26. The molecular weight excluding hydrogens is 434 g/mol. The maximum absolute atomic E-state index is 11.9. The fourth-order valence-electron chi connectivity index (χ4n) is 3.40. The molecule has 0 spiro atoms. The molecular formula is C22H25N3O6S. The van der Waals surface area contributed by atoms with Gasteiger partial charge >= 0.3 is 0 Å². The number of aliphatic hydroxyl groups is 1. The number of fused-ring (bicyclic) bond motifs is 1. The number of carbonyl (C=O) groups is 1. The van der Waals surface area contributed by atoms with E-state index in [-0.39, 0.29) is 18.7 Å². The zero-order chi connectivity index (χ0) is 23.2. The first kappa shape index (κ1) is 23.8. The van der Waals surface area contributed by atoms with Crippen molar-refractivity contribution in [3.8, 4) is 23.7 Å². The van der Waals surface area contributed by atoms with Gasteiger partial charge in [-0.05, 0) is 43.4 Å². The maximum Gasteiger partial charge on any atom is 0.250 e. The minimum Gasteiger partial charge on any atom is -0.381 e. The average Bonchev–Trinajstić information content (AvgIpc) is 3.17. The summed E-state index contributed by atoms with van der Waals surface area (Å²) in [6.07, 6.45) is 2.90. The van der Waals surface area contributed by atoms with Gasteiger partial charge in [-0.25, -0.2) is 13.9 Å². The Morgan fingerprint density at radius 1 is 1.34 bits per heavy atom. The van der Waals surface area contributed by atoms with Gasteiger partial charge in [0.1, 0.15) is 16.3 Å². The number of hydroxylamine groups is 1. The van der Waals surface area contributed by atoms with Crippen LogP contribution in [0.2, 0.25) is 0 Å². The molecule has 3 rings (SSSR count). The molecule has 3 N–H and O–H groups in total. The number of hydrogen-bond acceptors (Lipinski definition) is 7. The van der Waals surface area contributed by atoms with Crippen molar-refractivity contribution in [2.75, 3.05) is 19.0 Å². The van der Waals surface area contributed by atoms with Crippen molar-refractivity contribution in [3.63, 3.8) is 0 Å². The number of nitrogens with zero attached hydrogens (tertiary/aromatic N) is 2. The quantitative estimate of drug-likeness (QED) is 0.213. The van der Waals surface area contributed by atoms with Crippen LogP contribution >= 0.6 is 0 Å². The van der Waals surface area contributed by atoms with E-state index in [1.807, 2.05) is 18.2 Å². The molecule has 2 aromatic rings. The van der Waals surface area contributed by atoms with Gasteiger partial charge < -0.3 is 9.84 Å². The molecule has 0 aliphatic carbocycles. The van der Waals surface area contributed by atoms with Crippen LogP contribution in [-0.4, -0.2) is 59.0 Å². The number of benzene rings is 1. The minimum absolute atomic E-state index is 0.174. The van der Waals surface area contributed by atoms with E-state index in [2.05, 4.69) is 28.8 Å². The molecule has 0 saturated carbocycles. The maximum atomic E-state index is 11.9. The highest BCUT2D eigenvalue weighted by molar-refractivity contribution is 7.72. The number of aryl methyl sites for hydroxylation is 1. The van der Waals surface area contributed by atoms with Crippen molar-refractivity contribution in [2.24, 2.45) is 5.41 Å². The van der Waals surface area contributed by atoms with Crippen LogP contribution in [0.15, 0.2) is 24.4 Å². The van der Waals surface area contributed by atoms with Gasteiger partial charge in [0.05, 0.1) is 29.9 Å². The van der Waals surface area contributed by atoms with E-state index in [1.54, 1.807) is 16.4 Å². The Balaban J connectivity index is 1.71. The second-order valence-electron chi connectivity index (χ2n) is 8.05. The Kier molecular flexibility index (Phi) is 7.54. The number of thiol groups is 1. The molecule has 0 bridgehead atoms. The van der Waals surface area contributed by atoms with E-state index in [4.69, 9.17) is 9.94 Å². The number of carbonyl (C=O) groups excluding carboxylic acids is 1. The standard InChI is InChI=1S/C22H25N3O6S/c1-21(16-32(29)30,20(26)24-28)8-11-25-15-18-14-17(5-6-19(18)23-25)4-2-3-7-22(27)9-12-31-13-10-22/h5-6,14-15,27-28,32H,8-13,16H2,1H3,(H,24,26)/t21-/m0/s1. The van der Waals surface area contributed by atoms with Crippen molar-refractivity contribution >= 4 is 27.5 Å². The second kappa shape index (κ2) is 10.2. The third-order valence-electron chi connectivity index (χ3n) is 5.46. The molecule has 170 valence electrons. The molecule has 0 unspecified atom stereocenters. The van der Waals surface area contributed by atoms with E-state index >= 15 is 0 Å². The highest BCUT2D eigenvalue weighted by Gasteiger charge is 2.34. The monoisotopic (exact) mass is 459 g/mol. The van der Waals surface area contributed by atoms with E-state index < -0.39 is 27.6 Å². The summed E-state index contributed by atoms with van der Waals surface area (Å²) in [7, 11) is -2.80. The number of hydrogen-bond donors (Lipinski definition) is 4. The molecule has 1 aromatic carbocycles. The largest absolute Gasteiger partial charge is 0.381 e. The number of nitrogens with one attached hydrogen (secondary N) is 1. The molecule has 1 aliphatic rings. The zero-order valence-corrected chi connectivity index (χ0v) is 18.5. The summed E-state index contributed by atoms with van der Waals surface area (Å²) < 4.78 is 29.2. The smallest absolute Gasteiger partial charge is 0.250 e. The van der Waals surface area contributed by atoms with Crippen molar-refractivity contribution in [1.29, 1.82) is 0 Å². The van der Waals surface area contributed by atoms with E-state index in [1.165, 1.54) is 6.92 Å². The van der Waals surface area contributed by atoms with Gasteiger partial charge in [-0.3, -0.25) is 14.7 Å². The third-order valence-corrected chi connectivity index (χ3v) is 6.41. The van der Waals surface area contributed by atoms with Gasteiger partial charge in [0.2, 0.25) is 5.91 Å². The Morgan fingerprint density at radius 3 is 2.78 bits per heavy atom. The Labute approximate surface area is 187 Å². The molecule has 1 aliphatic heterocycles. The van der Waals surface area contributed by atoms with E-state index in [9.17, 15) is 18.3 Å². The normalized spacial score (nSPS) is 17.0. The summed E-state index contributed by atoms with van der Waals surface area (Å²) in [6.45, 7) is 2.74. The summed E-state index contributed by atoms with van der Waals surface area (Å²) in [6, 6.07) is 5.47. The molecule has 9 nitrogen and oxygen atoms in total. The SMILES string of the molecule is C[C@](CCn1cc2cc(C#CC#CC3(O)CCOCC3)ccc2n1)(C[SH](=O)=O)C(=O)NO. The molecule has 1 aromatic heterocycles. The van der Waals surface area contributed by atoms with Gasteiger partial charge in [-0.1, -0.05) is 11.8 Å². The van der Waals surface area contributed by atoms with Crippen LogP contribution in [0, 0.1) is 29.1 Å². The number of ether oxygens (including phenoxy) is 1. The van der Waals surface area contributed by atoms with Crippen LogP contribution in [0.5, 0.6) is 0 Å². The van der Waals surface area contributed by atoms with Crippen LogP contribution in [-0.2, 0) is 26.8 Å². The van der Waals surface area contributed by atoms with Crippen LogP contribution < -0.4 is 5.48 Å². The first-order chi connectivity index (χ1) is 15.2. The highest BCUT2D eigenvalue weighted by Crippen LogP contribution is 2.24. The van der Waals surface area contributed by atoms with Crippen molar-refractivity contribution in [1.82, 2.24) is 15.3 Å². The van der Waals surface area contributed by atoms with Gasteiger partial charge in [0.25, 0.3) is 0 Å². The van der Waals surface area contributed by atoms with Crippen molar-refractivity contribution < 1.29 is 28.3 Å². The summed E-state index contributed by atoms with van der Waals surface area (Å²) >= 11 is 0. The average molecular weight is 460 g/mol. The topological polar surface area (TPSA) is 131 Å². The Morgan fingerprint density at radius 2 is 2.09 bits per heavy atom. The molecule has 10 heteroatoms. The first-order valence-electron chi connectivity index (χ1n) is 10.1. The van der Waals surface area contributed by atoms with Crippen LogP contribution in [0.1, 0.15) is 31.7 Å². The molecule has 1 atom stereocenters. The lowest BCUT2D eigenvalue weighted by molar-refractivity contribution is -0.138. The summed E-state index contributed by atoms with van der Waals surface area (Å²) in [4.78, 5) is 11.9. The lowest BCUT2D eigenvalue weighted by Crippen LogP contribution is -2.41. The number of amides is 1. The summed E-state index contributed by atoms with van der Waals surface area (Å²) in [5.74, 6) is 10.1. The van der Waals surface area contributed by atoms with Crippen molar-refractivity contribution in [2.45, 2.75) is 38.3 Å². The molecule has 32 heavy (non-hydrogen) atoms. The second-order valence-corrected chi connectivity index (χ2v) is 9.03. The van der Waals surface area contributed by atoms with Crippen LogP contribution in [0.25, 0.3) is 10.9 Å². The summed E-state index contributed by atoms with van der Waals surface area (Å²) in [5.41, 5.74) is 0.688. The van der Waals surface area contributed by atoms with Crippen LogP contribution in [0.4, 0.5) is 0 Å². The van der Waals surface area contributed by atoms with Gasteiger partial charge in [-0.15, -0.1) is 0 Å². The fourth-order valence-corrected chi connectivity index (χ4v) is 4.27. The molecule has 1 fully saturated rings. The van der Waals surface area contributed by atoms with Crippen molar-refractivity contribution in [3.05, 3.63) is 30.0 Å². The predicted octanol–water partition coefficient (Wildman–Crippen LogP) is 0.446. The van der Waals surface area contributed by atoms with E-state index in [0.29, 0.717) is 26.1 Å².